The monoisotopic (exact) mass is 985 g/mol. The van der Waals surface area contributed by atoms with E-state index in [0.29, 0.717) is 19.4 Å². The van der Waals surface area contributed by atoms with Crippen LogP contribution in [0.5, 0.6) is 0 Å². The molecule has 28 heteroatoms. The molecule has 5 heterocycles. The van der Waals surface area contributed by atoms with Crippen LogP contribution in [0, 0.1) is 0 Å². The molecule has 28 nitrogen and oxygen atoms in total. The average Bonchev–Trinajstić information content (AvgIpc) is 3.66. The molecule has 390 valence electrons. The van der Waals surface area contributed by atoms with Gasteiger partial charge in [0.15, 0.2) is 25.2 Å². The summed E-state index contributed by atoms with van der Waals surface area (Å²) in [6.45, 7) is 3.60. The van der Waals surface area contributed by atoms with Gasteiger partial charge >= 0.3 is 5.97 Å². The molecule has 5 aliphatic rings. The molecule has 21 atom stereocenters. The van der Waals surface area contributed by atoms with E-state index in [-0.39, 0.29) is 25.5 Å². The number of carbonyl (C=O) groups is 5. The lowest BCUT2D eigenvalue weighted by Gasteiger charge is -2.51. The van der Waals surface area contributed by atoms with Gasteiger partial charge in [-0.25, -0.2) is 4.79 Å². The number of aliphatic hydroxyl groups is 7. The van der Waals surface area contributed by atoms with Crippen molar-refractivity contribution in [1.82, 2.24) is 21.3 Å². The highest BCUT2D eigenvalue weighted by molar-refractivity contribution is 5.76. The minimum Gasteiger partial charge on any atom is -0.477 e. The molecule has 5 fully saturated rings. The Morgan fingerprint density at radius 2 is 1.10 bits per heavy atom. The second-order valence-electron chi connectivity index (χ2n) is 17.2. The summed E-state index contributed by atoms with van der Waals surface area (Å²) in [6.07, 6.45) is -25.3. The summed E-state index contributed by atoms with van der Waals surface area (Å²) in [6, 6.07) is -4.63. The minimum absolute atomic E-state index is 0.0154. The molecular weight excluding hydrogens is 918 g/mol. The highest BCUT2D eigenvalue weighted by Crippen LogP contribution is 2.41. The summed E-state index contributed by atoms with van der Waals surface area (Å²) in [4.78, 5) is 62.5. The zero-order chi connectivity index (χ0) is 50.2. The van der Waals surface area contributed by atoms with Gasteiger partial charge in [-0.1, -0.05) is 0 Å². The highest BCUT2D eigenvalue weighted by Gasteiger charge is 2.62. The SMILES string of the molecule is CC(=O)NC1C(OC2C(O)C(C)OC(OC3C(O)C(CO)OC(OC4C(CO)OC(OCCNC(=O)CCCCN)C5O[C@@](C)(C(=O)O)OC45)C3NC(C)=O)C2NC(C)=O)OC(CO)C(O)C1O. The molecular formula is C40H67N5O23. The molecule has 68 heavy (non-hydrogen) atoms. The molecule has 0 radical (unpaired) electrons. The van der Waals surface area contributed by atoms with Crippen LogP contribution < -0.4 is 27.0 Å². The van der Waals surface area contributed by atoms with Crippen LogP contribution >= 0.6 is 0 Å². The number of carbonyl (C=O) groups excluding carboxylic acids is 4. The molecule has 5 rings (SSSR count). The number of fused-ring (bicyclic) bond motifs is 1. The van der Waals surface area contributed by atoms with E-state index < -0.39 is 172 Å². The van der Waals surface area contributed by atoms with Crippen molar-refractivity contribution < 1.29 is 112 Å². The van der Waals surface area contributed by atoms with Crippen molar-refractivity contribution in [3.8, 4) is 0 Å². The summed E-state index contributed by atoms with van der Waals surface area (Å²) >= 11 is 0. The van der Waals surface area contributed by atoms with Crippen LogP contribution in [0.15, 0.2) is 0 Å². The zero-order valence-corrected chi connectivity index (χ0v) is 38.2. The number of rotatable bonds is 21. The van der Waals surface area contributed by atoms with Crippen molar-refractivity contribution in [2.24, 2.45) is 5.73 Å². The van der Waals surface area contributed by atoms with Crippen LogP contribution in [0.25, 0.3) is 0 Å². The number of ether oxygens (including phenoxy) is 10. The summed E-state index contributed by atoms with van der Waals surface area (Å²) < 4.78 is 60.3. The van der Waals surface area contributed by atoms with Crippen molar-refractivity contribution >= 4 is 29.6 Å². The predicted molar refractivity (Wildman–Crippen MR) is 221 cm³/mol. The summed E-state index contributed by atoms with van der Waals surface area (Å²) in [7, 11) is 0. The van der Waals surface area contributed by atoms with Crippen molar-refractivity contribution in [2.45, 2.75) is 182 Å². The fourth-order valence-electron chi connectivity index (χ4n) is 8.58. The van der Waals surface area contributed by atoms with Crippen LogP contribution in [0.4, 0.5) is 0 Å². The zero-order valence-electron chi connectivity index (χ0n) is 38.2. The number of hydrogen-bond acceptors (Lipinski definition) is 23. The van der Waals surface area contributed by atoms with Gasteiger partial charge in [0, 0.05) is 40.7 Å². The largest absolute Gasteiger partial charge is 0.477 e. The number of carboxylic acid groups (broad SMARTS) is 1. The van der Waals surface area contributed by atoms with Crippen LogP contribution in [0.2, 0.25) is 0 Å². The van der Waals surface area contributed by atoms with Gasteiger partial charge in [0.05, 0.1) is 32.5 Å². The number of nitrogens with two attached hydrogens (primary N) is 1. The van der Waals surface area contributed by atoms with E-state index in [1.54, 1.807) is 0 Å². The number of aliphatic carboxylic acids is 1. The molecule has 20 unspecified atom stereocenters. The van der Waals surface area contributed by atoms with E-state index in [9.17, 15) is 64.8 Å². The fraction of sp³-hybridized carbons (Fsp3) is 0.875. The molecule has 5 aliphatic heterocycles. The maximum Gasteiger partial charge on any atom is 0.364 e. The van der Waals surface area contributed by atoms with E-state index in [1.165, 1.54) is 6.92 Å². The Morgan fingerprint density at radius 3 is 1.65 bits per heavy atom. The van der Waals surface area contributed by atoms with Crippen molar-refractivity contribution in [2.75, 3.05) is 39.5 Å². The molecule has 0 aromatic carbocycles. The minimum atomic E-state index is -2.32. The number of amides is 4. The Hall–Kier alpha value is -3.37. The van der Waals surface area contributed by atoms with Crippen molar-refractivity contribution in [1.29, 1.82) is 0 Å². The average molecular weight is 986 g/mol. The van der Waals surface area contributed by atoms with Gasteiger partial charge in [0.2, 0.25) is 23.6 Å². The molecule has 4 amide bonds. The Labute approximate surface area is 390 Å². The standard InChI is InChI=1S/C40H67N5O23/c1-15-26(53)31(65-35-23(43-16(2)49)29(56)27(54)19(12-46)61-35)24(44-17(3)50)36(60-15)66-32-25(45-18(4)51)37(62-20(13-47)28(32)55)64-30-21(14-48)63-38(34-33(30)67-40(5,68-34)39(57)58)59-11-10-42-22(52)8-6-7-9-41/h15,19-21,23-38,46-48,53-56H,6-14,41H2,1-5H3,(H,42,52)(H,43,49)(H,44,50)(H,45,51)(H,57,58)/t15?,19?,20?,21?,23?,24?,25?,26?,27?,28?,29?,30?,31?,32?,33?,34?,35?,36?,37?,38?,40-/m0/s1. The van der Waals surface area contributed by atoms with E-state index in [0.717, 1.165) is 27.7 Å². The lowest BCUT2D eigenvalue weighted by atomic mass is 9.93. The molecule has 0 saturated carbocycles. The second kappa shape index (κ2) is 24.6. The highest BCUT2D eigenvalue weighted by atomic mass is 16.8. The van der Waals surface area contributed by atoms with Gasteiger partial charge in [-0.2, -0.15) is 0 Å². The molecule has 0 aliphatic carbocycles. The van der Waals surface area contributed by atoms with E-state index >= 15 is 0 Å². The second-order valence-corrected chi connectivity index (χ2v) is 17.2. The first-order chi connectivity index (χ1) is 32.2. The Morgan fingerprint density at radius 1 is 0.618 bits per heavy atom. The summed E-state index contributed by atoms with van der Waals surface area (Å²) in [5.74, 6) is -6.28. The van der Waals surface area contributed by atoms with E-state index in [4.69, 9.17) is 53.1 Å². The summed E-state index contributed by atoms with van der Waals surface area (Å²) in [5.41, 5.74) is 5.49. The Balaban J connectivity index is 1.44. The van der Waals surface area contributed by atoms with E-state index in [1.807, 2.05) is 0 Å². The van der Waals surface area contributed by atoms with Crippen molar-refractivity contribution in [3.05, 3.63) is 0 Å². The molecule has 14 N–H and O–H groups in total. The molecule has 0 aromatic rings. The number of aliphatic hydroxyl groups excluding tert-OH is 7. The number of carboxylic acids is 1. The van der Waals surface area contributed by atoms with Crippen molar-refractivity contribution in [3.63, 3.8) is 0 Å². The van der Waals surface area contributed by atoms with Gasteiger partial charge in [-0.05, 0) is 26.3 Å². The number of unbranched alkanes of at least 4 members (excludes halogenated alkanes) is 1. The smallest absolute Gasteiger partial charge is 0.364 e. The van der Waals surface area contributed by atoms with Crippen LogP contribution in [-0.4, -0.2) is 238 Å². The fourth-order valence-corrected chi connectivity index (χ4v) is 8.58. The Bertz CT molecular complexity index is 1710. The third kappa shape index (κ3) is 13.1. The van der Waals surface area contributed by atoms with Gasteiger partial charge < -0.3 is 115 Å². The van der Waals surface area contributed by atoms with E-state index in [2.05, 4.69) is 21.3 Å². The van der Waals surface area contributed by atoms with Crippen LogP contribution in [0.3, 0.4) is 0 Å². The summed E-state index contributed by atoms with van der Waals surface area (Å²) in [5, 5.41) is 96.0. The molecule has 0 bridgehead atoms. The predicted octanol–water partition coefficient (Wildman–Crippen LogP) is -7.16. The molecule has 5 saturated heterocycles. The quantitative estimate of drug-likeness (QED) is 0.0475. The van der Waals surface area contributed by atoms with Crippen LogP contribution in [-0.2, 0) is 71.3 Å². The third-order valence-electron chi connectivity index (χ3n) is 12.0. The molecule has 0 spiro atoms. The first kappa shape index (κ1) is 55.6. The van der Waals surface area contributed by atoms with Crippen LogP contribution in [0.1, 0.15) is 53.9 Å². The first-order valence-electron chi connectivity index (χ1n) is 22.3. The first-order valence-corrected chi connectivity index (χ1v) is 22.3. The normalized spacial score (nSPS) is 41.5. The maximum atomic E-state index is 12.9. The number of hydrogen-bond donors (Lipinski definition) is 13. The van der Waals surface area contributed by atoms with Gasteiger partial charge in [-0.3, -0.25) is 19.2 Å². The molecule has 0 aromatic heterocycles. The van der Waals surface area contributed by atoms with Gasteiger partial charge in [0.25, 0.3) is 5.79 Å². The lowest BCUT2D eigenvalue weighted by Crippen LogP contribution is -2.71. The van der Waals surface area contributed by atoms with Gasteiger partial charge in [0.1, 0.15) is 91.4 Å². The maximum absolute atomic E-state index is 12.9. The third-order valence-corrected chi connectivity index (χ3v) is 12.0. The lowest BCUT2D eigenvalue weighted by molar-refractivity contribution is -0.358. The van der Waals surface area contributed by atoms with Gasteiger partial charge in [-0.15, -0.1) is 0 Å². The Kier molecular flexibility index (Phi) is 20.1. The topological polar surface area (TPSA) is 414 Å². The number of nitrogens with one attached hydrogen (secondary N) is 4.